The Morgan fingerprint density at radius 2 is 2.35 bits per heavy atom. The predicted molar refractivity (Wildman–Crippen MR) is 63.5 cm³/mol. The van der Waals surface area contributed by atoms with Crippen LogP contribution in [0, 0.1) is 11.3 Å². The van der Waals surface area contributed by atoms with Crippen molar-refractivity contribution in [2.24, 2.45) is 0 Å². The van der Waals surface area contributed by atoms with Crippen LogP contribution in [0.1, 0.15) is 19.4 Å². The SMILES string of the molecule is CCOC(=O)CN(CC)c1ncccc1C#N. The summed E-state index contributed by atoms with van der Waals surface area (Å²) in [5, 5.41) is 8.97. The van der Waals surface area contributed by atoms with Crippen molar-refractivity contribution in [2.75, 3.05) is 24.6 Å². The minimum Gasteiger partial charge on any atom is -0.465 e. The molecule has 1 aromatic rings. The highest BCUT2D eigenvalue weighted by molar-refractivity contribution is 5.76. The molecule has 0 amide bonds. The van der Waals surface area contributed by atoms with Gasteiger partial charge in [-0.25, -0.2) is 4.98 Å². The zero-order valence-corrected chi connectivity index (χ0v) is 10.0. The number of nitriles is 1. The number of carbonyl (C=O) groups excluding carboxylic acids is 1. The van der Waals surface area contributed by atoms with Gasteiger partial charge in [-0.05, 0) is 26.0 Å². The highest BCUT2D eigenvalue weighted by Crippen LogP contribution is 2.15. The summed E-state index contributed by atoms with van der Waals surface area (Å²) in [4.78, 5) is 17.3. The molecule has 0 radical (unpaired) electrons. The van der Waals surface area contributed by atoms with Crippen LogP contribution in [0.3, 0.4) is 0 Å². The lowest BCUT2D eigenvalue weighted by atomic mass is 10.2. The first-order valence-electron chi connectivity index (χ1n) is 5.48. The van der Waals surface area contributed by atoms with E-state index < -0.39 is 0 Å². The highest BCUT2D eigenvalue weighted by Gasteiger charge is 2.14. The summed E-state index contributed by atoms with van der Waals surface area (Å²) < 4.78 is 4.88. The van der Waals surface area contributed by atoms with Crippen LogP contribution < -0.4 is 4.90 Å². The van der Waals surface area contributed by atoms with E-state index in [9.17, 15) is 4.79 Å². The summed E-state index contributed by atoms with van der Waals surface area (Å²) in [6.07, 6.45) is 1.60. The highest BCUT2D eigenvalue weighted by atomic mass is 16.5. The average Bonchev–Trinajstić information content (AvgIpc) is 2.36. The van der Waals surface area contributed by atoms with Gasteiger partial charge in [-0.2, -0.15) is 5.26 Å². The summed E-state index contributed by atoms with van der Waals surface area (Å²) in [6.45, 7) is 4.70. The van der Waals surface area contributed by atoms with Crippen LogP contribution in [0.4, 0.5) is 5.82 Å². The maximum atomic E-state index is 11.4. The van der Waals surface area contributed by atoms with E-state index in [4.69, 9.17) is 10.00 Å². The normalized spacial score (nSPS) is 9.47. The fourth-order valence-electron chi connectivity index (χ4n) is 1.44. The fourth-order valence-corrected chi connectivity index (χ4v) is 1.44. The molecule has 1 heterocycles. The zero-order valence-electron chi connectivity index (χ0n) is 10.0. The molecule has 0 saturated carbocycles. The topological polar surface area (TPSA) is 66.2 Å². The molecule has 0 bridgehead atoms. The third kappa shape index (κ3) is 3.45. The summed E-state index contributed by atoms with van der Waals surface area (Å²) in [5.41, 5.74) is 0.457. The van der Waals surface area contributed by atoms with Crippen molar-refractivity contribution in [2.45, 2.75) is 13.8 Å². The summed E-state index contributed by atoms with van der Waals surface area (Å²) >= 11 is 0. The van der Waals surface area contributed by atoms with Crippen LogP contribution in [0.2, 0.25) is 0 Å². The molecule has 0 aromatic carbocycles. The molecule has 5 heteroatoms. The third-order valence-electron chi connectivity index (χ3n) is 2.21. The van der Waals surface area contributed by atoms with Gasteiger partial charge in [0.1, 0.15) is 18.4 Å². The van der Waals surface area contributed by atoms with E-state index in [1.54, 1.807) is 30.2 Å². The molecule has 0 aliphatic heterocycles. The lowest BCUT2D eigenvalue weighted by molar-refractivity contribution is -0.141. The van der Waals surface area contributed by atoms with Crippen LogP contribution in [0.15, 0.2) is 18.3 Å². The van der Waals surface area contributed by atoms with Gasteiger partial charge in [-0.15, -0.1) is 0 Å². The Morgan fingerprint density at radius 3 is 2.94 bits per heavy atom. The number of hydrogen-bond donors (Lipinski definition) is 0. The Bertz CT molecular complexity index is 426. The number of esters is 1. The minimum absolute atomic E-state index is 0.107. The van der Waals surface area contributed by atoms with Gasteiger partial charge in [0.05, 0.1) is 12.2 Å². The van der Waals surface area contributed by atoms with Crippen molar-refractivity contribution < 1.29 is 9.53 Å². The maximum absolute atomic E-state index is 11.4. The molecule has 0 aliphatic rings. The quantitative estimate of drug-likeness (QED) is 0.718. The monoisotopic (exact) mass is 233 g/mol. The molecule has 0 unspecified atom stereocenters. The van der Waals surface area contributed by atoms with Crippen LogP contribution >= 0.6 is 0 Å². The molecule has 0 spiro atoms. The van der Waals surface area contributed by atoms with Crippen molar-refractivity contribution in [3.63, 3.8) is 0 Å². The summed E-state index contributed by atoms with van der Waals surface area (Å²) in [5.74, 6) is 0.203. The van der Waals surface area contributed by atoms with Gasteiger partial charge in [0.15, 0.2) is 0 Å². The van der Waals surface area contributed by atoms with Crippen LogP contribution in [-0.4, -0.2) is 30.6 Å². The van der Waals surface area contributed by atoms with Crippen molar-refractivity contribution in [3.8, 4) is 6.07 Å². The first kappa shape index (κ1) is 13.0. The lowest BCUT2D eigenvalue weighted by Gasteiger charge is -2.21. The average molecular weight is 233 g/mol. The largest absolute Gasteiger partial charge is 0.465 e. The number of hydrogen-bond acceptors (Lipinski definition) is 5. The standard InChI is InChI=1S/C12H15N3O2/c1-3-15(9-11(16)17-4-2)12-10(8-13)6-5-7-14-12/h5-7H,3-4,9H2,1-2H3. The molecule has 0 saturated heterocycles. The molecular formula is C12H15N3O2. The van der Waals surface area contributed by atoms with Crippen molar-refractivity contribution in [3.05, 3.63) is 23.9 Å². The molecular weight excluding hydrogens is 218 g/mol. The molecule has 0 aliphatic carbocycles. The van der Waals surface area contributed by atoms with E-state index in [-0.39, 0.29) is 12.5 Å². The Labute approximate surface area is 101 Å². The number of anilines is 1. The zero-order chi connectivity index (χ0) is 12.7. The maximum Gasteiger partial charge on any atom is 0.325 e. The molecule has 0 N–H and O–H groups in total. The Morgan fingerprint density at radius 1 is 1.59 bits per heavy atom. The molecule has 0 fully saturated rings. The second kappa shape index (κ2) is 6.48. The number of nitrogens with zero attached hydrogens (tertiary/aromatic N) is 3. The van der Waals surface area contributed by atoms with Gasteiger partial charge < -0.3 is 9.64 Å². The fraction of sp³-hybridized carbons (Fsp3) is 0.417. The predicted octanol–water partition coefficient (Wildman–Crippen LogP) is 1.34. The van der Waals surface area contributed by atoms with E-state index in [0.717, 1.165) is 0 Å². The van der Waals surface area contributed by atoms with E-state index in [0.29, 0.717) is 24.5 Å². The van der Waals surface area contributed by atoms with Gasteiger partial charge in [-0.3, -0.25) is 4.79 Å². The Balaban J connectivity index is 2.87. The van der Waals surface area contributed by atoms with E-state index in [2.05, 4.69) is 11.1 Å². The van der Waals surface area contributed by atoms with Crippen LogP contribution in [0.5, 0.6) is 0 Å². The molecule has 90 valence electrons. The van der Waals surface area contributed by atoms with E-state index in [1.165, 1.54) is 0 Å². The third-order valence-corrected chi connectivity index (χ3v) is 2.21. The van der Waals surface area contributed by atoms with Gasteiger partial charge in [0, 0.05) is 12.7 Å². The molecule has 0 atom stereocenters. The second-order valence-corrected chi connectivity index (χ2v) is 3.31. The second-order valence-electron chi connectivity index (χ2n) is 3.31. The first-order valence-corrected chi connectivity index (χ1v) is 5.48. The number of pyridine rings is 1. The van der Waals surface area contributed by atoms with Crippen molar-refractivity contribution >= 4 is 11.8 Å². The Kier molecular flexibility index (Phi) is 4.95. The van der Waals surface area contributed by atoms with Crippen LogP contribution in [-0.2, 0) is 9.53 Å². The number of aromatic nitrogens is 1. The number of rotatable bonds is 5. The number of carbonyl (C=O) groups is 1. The minimum atomic E-state index is -0.316. The number of likely N-dealkylation sites (N-methyl/N-ethyl adjacent to an activating group) is 1. The molecule has 5 nitrogen and oxygen atoms in total. The van der Waals surface area contributed by atoms with Crippen molar-refractivity contribution in [1.29, 1.82) is 5.26 Å². The molecule has 17 heavy (non-hydrogen) atoms. The molecule has 1 rings (SSSR count). The van der Waals surface area contributed by atoms with Gasteiger partial charge in [0.2, 0.25) is 0 Å². The van der Waals surface area contributed by atoms with Crippen LogP contribution in [0.25, 0.3) is 0 Å². The molecule has 1 aromatic heterocycles. The number of ether oxygens (including phenoxy) is 1. The Hall–Kier alpha value is -2.09. The summed E-state index contributed by atoms with van der Waals surface area (Å²) in [7, 11) is 0. The van der Waals surface area contributed by atoms with E-state index >= 15 is 0 Å². The summed E-state index contributed by atoms with van der Waals surface area (Å²) in [6, 6.07) is 5.43. The smallest absolute Gasteiger partial charge is 0.325 e. The van der Waals surface area contributed by atoms with Gasteiger partial charge >= 0.3 is 5.97 Å². The van der Waals surface area contributed by atoms with Gasteiger partial charge in [-0.1, -0.05) is 0 Å². The van der Waals surface area contributed by atoms with Gasteiger partial charge in [0.25, 0.3) is 0 Å². The lowest BCUT2D eigenvalue weighted by Crippen LogP contribution is -2.32. The van der Waals surface area contributed by atoms with Crippen molar-refractivity contribution in [1.82, 2.24) is 4.98 Å². The first-order chi connectivity index (χ1) is 8.22. The van der Waals surface area contributed by atoms with E-state index in [1.807, 2.05) is 6.92 Å².